The highest BCUT2D eigenvalue weighted by molar-refractivity contribution is 6.21. The van der Waals surface area contributed by atoms with Gasteiger partial charge < -0.3 is 9.80 Å². The van der Waals surface area contributed by atoms with E-state index in [1.165, 1.54) is 4.90 Å². The van der Waals surface area contributed by atoms with E-state index in [0.29, 0.717) is 17.8 Å². The third kappa shape index (κ3) is 3.68. The molecule has 6 heteroatoms. The van der Waals surface area contributed by atoms with Crippen molar-refractivity contribution in [2.45, 2.75) is 19.4 Å². The Hall–Kier alpha value is -2.99. The molecule has 0 radical (unpaired) electrons. The minimum absolute atomic E-state index is 0.0406. The number of carbonyl (C=O) groups excluding carboxylic acids is 3. The topological polar surface area (TPSA) is 60.9 Å². The number of carbonyl (C=O) groups is 3. The van der Waals surface area contributed by atoms with E-state index >= 15 is 0 Å². The van der Waals surface area contributed by atoms with Gasteiger partial charge in [-0.05, 0) is 30.8 Å². The van der Waals surface area contributed by atoms with Gasteiger partial charge in [0.25, 0.3) is 5.91 Å². The first-order chi connectivity index (χ1) is 14.0. The number of piperazine rings is 1. The standard InChI is InChI=1S/C23H25N3O3/c1-16-13-21(27)26(22(16)28)19-10-6-9-18(14-19)23(29)25-12-11-24(2)15-20(25)17-7-4-3-5-8-17/h3-10,14,16,20H,11-13,15H2,1-2H3. The number of likely N-dealkylation sites (N-methyl/N-ethyl adjacent to an activating group) is 1. The Kier molecular flexibility index (Phi) is 5.20. The van der Waals surface area contributed by atoms with Gasteiger partial charge in [-0.2, -0.15) is 0 Å². The minimum atomic E-state index is -0.318. The van der Waals surface area contributed by atoms with Gasteiger partial charge in [0.15, 0.2) is 0 Å². The number of hydrogen-bond donors (Lipinski definition) is 0. The molecule has 6 nitrogen and oxygen atoms in total. The van der Waals surface area contributed by atoms with Crippen LogP contribution in [0, 0.1) is 5.92 Å². The van der Waals surface area contributed by atoms with Crippen LogP contribution in [-0.4, -0.2) is 54.2 Å². The number of benzene rings is 2. The first-order valence-corrected chi connectivity index (χ1v) is 9.97. The van der Waals surface area contributed by atoms with Crippen LogP contribution in [0.25, 0.3) is 0 Å². The molecule has 2 heterocycles. The van der Waals surface area contributed by atoms with Gasteiger partial charge in [0.1, 0.15) is 0 Å². The highest BCUT2D eigenvalue weighted by atomic mass is 16.2. The molecule has 2 aromatic rings. The van der Waals surface area contributed by atoms with Gasteiger partial charge in [-0.15, -0.1) is 0 Å². The molecule has 2 aromatic carbocycles. The van der Waals surface area contributed by atoms with E-state index < -0.39 is 0 Å². The molecular formula is C23H25N3O3. The Labute approximate surface area is 170 Å². The largest absolute Gasteiger partial charge is 0.329 e. The van der Waals surface area contributed by atoms with Gasteiger partial charge in [-0.1, -0.05) is 43.3 Å². The van der Waals surface area contributed by atoms with Gasteiger partial charge in [0, 0.05) is 37.5 Å². The molecule has 2 unspecified atom stereocenters. The third-order valence-electron chi connectivity index (χ3n) is 5.75. The maximum atomic E-state index is 13.4. The van der Waals surface area contributed by atoms with Crippen molar-refractivity contribution in [3.05, 3.63) is 65.7 Å². The Morgan fingerprint density at radius 1 is 1.00 bits per heavy atom. The number of hydrogen-bond acceptors (Lipinski definition) is 4. The normalized spacial score (nSPS) is 23.0. The molecule has 2 aliphatic rings. The smallest absolute Gasteiger partial charge is 0.254 e. The van der Waals surface area contributed by atoms with E-state index in [9.17, 15) is 14.4 Å². The summed E-state index contributed by atoms with van der Waals surface area (Å²) >= 11 is 0. The van der Waals surface area contributed by atoms with Crippen molar-refractivity contribution < 1.29 is 14.4 Å². The van der Waals surface area contributed by atoms with Gasteiger partial charge in [-0.25, -0.2) is 0 Å². The third-order valence-corrected chi connectivity index (χ3v) is 5.75. The van der Waals surface area contributed by atoms with Gasteiger partial charge >= 0.3 is 0 Å². The van der Waals surface area contributed by atoms with Crippen LogP contribution in [-0.2, 0) is 9.59 Å². The summed E-state index contributed by atoms with van der Waals surface area (Å²) in [6.45, 7) is 3.94. The van der Waals surface area contributed by atoms with Crippen LogP contribution in [0.2, 0.25) is 0 Å². The molecule has 2 atom stereocenters. The molecule has 2 saturated heterocycles. The average molecular weight is 391 g/mol. The van der Waals surface area contributed by atoms with Gasteiger partial charge in [0.05, 0.1) is 11.7 Å². The molecule has 0 aromatic heterocycles. The minimum Gasteiger partial charge on any atom is -0.329 e. The monoisotopic (exact) mass is 391 g/mol. The fourth-order valence-electron chi connectivity index (χ4n) is 4.12. The van der Waals surface area contributed by atoms with Crippen molar-refractivity contribution in [1.29, 1.82) is 0 Å². The molecule has 0 N–H and O–H groups in total. The van der Waals surface area contributed by atoms with Crippen LogP contribution >= 0.6 is 0 Å². The molecule has 0 saturated carbocycles. The summed E-state index contributed by atoms with van der Waals surface area (Å²) in [6, 6.07) is 16.9. The van der Waals surface area contributed by atoms with Crippen molar-refractivity contribution in [2.75, 3.05) is 31.6 Å². The maximum Gasteiger partial charge on any atom is 0.254 e. The molecule has 2 aliphatic heterocycles. The SMILES string of the molecule is CC1CC(=O)N(c2cccc(C(=O)N3CCN(C)CC3c3ccccc3)c2)C1=O. The second kappa shape index (κ2) is 7.79. The van der Waals surface area contributed by atoms with Crippen LogP contribution < -0.4 is 4.90 Å². The molecule has 0 bridgehead atoms. The van der Waals surface area contributed by atoms with Crippen LogP contribution in [0.3, 0.4) is 0 Å². The first kappa shape index (κ1) is 19.3. The Morgan fingerprint density at radius 3 is 2.45 bits per heavy atom. The van der Waals surface area contributed by atoms with E-state index in [1.54, 1.807) is 31.2 Å². The fourth-order valence-corrected chi connectivity index (χ4v) is 4.12. The van der Waals surface area contributed by atoms with E-state index in [4.69, 9.17) is 0 Å². The zero-order chi connectivity index (χ0) is 20.5. The van der Waals surface area contributed by atoms with Crippen LogP contribution in [0.15, 0.2) is 54.6 Å². The van der Waals surface area contributed by atoms with Crippen LogP contribution in [0.4, 0.5) is 5.69 Å². The summed E-state index contributed by atoms with van der Waals surface area (Å²) in [7, 11) is 2.06. The highest BCUT2D eigenvalue weighted by Gasteiger charge is 2.37. The molecule has 4 rings (SSSR count). The van der Waals surface area contributed by atoms with Crippen LogP contribution in [0.1, 0.15) is 35.3 Å². The van der Waals surface area contributed by atoms with Crippen molar-refractivity contribution in [1.82, 2.24) is 9.80 Å². The first-order valence-electron chi connectivity index (χ1n) is 9.97. The van der Waals surface area contributed by atoms with Crippen molar-refractivity contribution in [3.8, 4) is 0 Å². The van der Waals surface area contributed by atoms with Crippen molar-refractivity contribution >= 4 is 23.4 Å². The van der Waals surface area contributed by atoms with E-state index in [-0.39, 0.29) is 36.1 Å². The number of anilines is 1. The number of amides is 3. The molecule has 3 amide bonds. The predicted octanol–water partition coefficient (Wildman–Crippen LogP) is 2.71. The molecular weight excluding hydrogens is 366 g/mol. The quantitative estimate of drug-likeness (QED) is 0.755. The van der Waals surface area contributed by atoms with Crippen molar-refractivity contribution in [2.24, 2.45) is 5.92 Å². The highest BCUT2D eigenvalue weighted by Crippen LogP contribution is 2.30. The van der Waals surface area contributed by atoms with Crippen molar-refractivity contribution in [3.63, 3.8) is 0 Å². The van der Waals surface area contributed by atoms with Crippen LogP contribution in [0.5, 0.6) is 0 Å². The van der Waals surface area contributed by atoms with Gasteiger partial charge in [0.2, 0.25) is 11.8 Å². The second-order valence-corrected chi connectivity index (χ2v) is 7.91. The van der Waals surface area contributed by atoms with Gasteiger partial charge in [-0.3, -0.25) is 19.3 Å². The predicted molar refractivity (Wildman–Crippen MR) is 110 cm³/mol. The maximum absolute atomic E-state index is 13.4. The lowest BCUT2D eigenvalue weighted by molar-refractivity contribution is -0.122. The lowest BCUT2D eigenvalue weighted by Crippen LogP contribution is -2.49. The second-order valence-electron chi connectivity index (χ2n) is 7.91. The van der Waals surface area contributed by atoms with E-state index in [2.05, 4.69) is 11.9 Å². The number of nitrogens with zero attached hydrogens (tertiary/aromatic N) is 3. The molecule has 2 fully saturated rings. The molecule has 150 valence electrons. The molecule has 29 heavy (non-hydrogen) atoms. The average Bonchev–Trinajstić information content (AvgIpc) is 2.99. The zero-order valence-corrected chi connectivity index (χ0v) is 16.7. The Bertz CT molecular complexity index is 943. The fraction of sp³-hybridized carbons (Fsp3) is 0.348. The summed E-state index contributed by atoms with van der Waals surface area (Å²) in [5, 5.41) is 0. The molecule has 0 aliphatic carbocycles. The van der Waals surface area contributed by atoms with E-state index in [0.717, 1.165) is 18.7 Å². The number of rotatable bonds is 3. The summed E-state index contributed by atoms with van der Waals surface area (Å²) in [5.74, 6) is -0.821. The Balaban J connectivity index is 1.63. The van der Waals surface area contributed by atoms with E-state index in [1.807, 2.05) is 35.2 Å². The summed E-state index contributed by atoms with van der Waals surface area (Å²) in [6.07, 6.45) is 0.214. The Morgan fingerprint density at radius 2 is 1.76 bits per heavy atom. The molecule has 0 spiro atoms. The summed E-state index contributed by atoms with van der Waals surface area (Å²) in [5.41, 5.74) is 2.07. The summed E-state index contributed by atoms with van der Waals surface area (Å²) < 4.78 is 0. The zero-order valence-electron chi connectivity index (χ0n) is 16.7. The number of imide groups is 1. The summed E-state index contributed by atoms with van der Waals surface area (Å²) in [4.78, 5) is 43.4. The lowest BCUT2D eigenvalue weighted by atomic mass is 10.0. The lowest BCUT2D eigenvalue weighted by Gasteiger charge is -2.40.